The first-order valence-corrected chi connectivity index (χ1v) is 5.53. The molecule has 0 aliphatic rings. The van der Waals surface area contributed by atoms with E-state index in [1.165, 1.54) is 31.2 Å². The molecule has 0 heterocycles. The molecule has 1 unspecified atom stereocenters. The third-order valence-corrected chi connectivity index (χ3v) is 1.97. The van der Waals surface area contributed by atoms with Gasteiger partial charge in [0, 0.05) is 6.61 Å². The lowest BCUT2D eigenvalue weighted by atomic mass is 10.2. The zero-order valence-corrected chi connectivity index (χ0v) is 10.5. The van der Waals surface area contributed by atoms with Gasteiger partial charge in [0.2, 0.25) is 6.29 Å². The standard InChI is InChI=1S/C12H14O7/c1-3-16-8(2)17-12(15)19-18-11(14)9-6-4-5-7-10(9)13/h4-8,13H,3H2,1-2H3. The SMILES string of the molecule is CCOC(C)OC(=O)OOC(=O)c1ccccc1O. The van der Waals surface area contributed by atoms with E-state index in [0.717, 1.165) is 0 Å². The lowest BCUT2D eigenvalue weighted by Gasteiger charge is -2.11. The van der Waals surface area contributed by atoms with Gasteiger partial charge < -0.3 is 14.6 Å². The lowest BCUT2D eigenvalue weighted by molar-refractivity contribution is -0.222. The Morgan fingerprint density at radius 3 is 2.58 bits per heavy atom. The molecule has 0 aliphatic heterocycles. The first-order chi connectivity index (χ1) is 9.04. The molecular weight excluding hydrogens is 256 g/mol. The van der Waals surface area contributed by atoms with Crippen molar-refractivity contribution in [2.75, 3.05) is 6.61 Å². The van der Waals surface area contributed by atoms with Crippen LogP contribution < -0.4 is 0 Å². The van der Waals surface area contributed by atoms with Crippen LogP contribution in [0, 0.1) is 0 Å². The summed E-state index contributed by atoms with van der Waals surface area (Å²) in [5.41, 5.74) is -0.131. The highest BCUT2D eigenvalue weighted by Crippen LogP contribution is 2.16. The van der Waals surface area contributed by atoms with Gasteiger partial charge in [-0.3, -0.25) is 0 Å². The largest absolute Gasteiger partial charge is 0.552 e. The topological polar surface area (TPSA) is 91.3 Å². The van der Waals surface area contributed by atoms with Crippen LogP contribution in [0.2, 0.25) is 0 Å². The van der Waals surface area contributed by atoms with E-state index in [4.69, 9.17) is 4.74 Å². The van der Waals surface area contributed by atoms with Crippen molar-refractivity contribution in [3.8, 4) is 5.75 Å². The van der Waals surface area contributed by atoms with E-state index in [1.54, 1.807) is 6.92 Å². The van der Waals surface area contributed by atoms with Gasteiger partial charge in [0.15, 0.2) is 0 Å². The Balaban J connectivity index is 2.42. The van der Waals surface area contributed by atoms with Crippen molar-refractivity contribution in [2.24, 2.45) is 0 Å². The number of hydrogen-bond donors (Lipinski definition) is 1. The third-order valence-electron chi connectivity index (χ3n) is 1.97. The highest BCUT2D eigenvalue weighted by molar-refractivity contribution is 5.92. The number of aromatic hydroxyl groups is 1. The molecule has 0 aliphatic carbocycles. The van der Waals surface area contributed by atoms with Crippen LogP contribution in [0.25, 0.3) is 0 Å². The Bertz CT molecular complexity index is 443. The fraction of sp³-hybridized carbons (Fsp3) is 0.333. The molecule has 1 atom stereocenters. The summed E-state index contributed by atoms with van der Waals surface area (Å²) in [5, 5.41) is 9.37. The molecule has 19 heavy (non-hydrogen) atoms. The molecule has 1 rings (SSSR count). The number of hydrogen-bond acceptors (Lipinski definition) is 7. The van der Waals surface area contributed by atoms with Gasteiger partial charge in [-0.1, -0.05) is 12.1 Å². The average Bonchev–Trinajstić information content (AvgIpc) is 2.36. The fourth-order valence-corrected chi connectivity index (χ4v) is 1.19. The molecule has 7 heteroatoms. The van der Waals surface area contributed by atoms with E-state index < -0.39 is 18.4 Å². The summed E-state index contributed by atoms with van der Waals surface area (Å²) in [6, 6.07) is 5.66. The van der Waals surface area contributed by atoms with E-state index in [0.29, 0.717) is 6.61 Å². The molecule has 7 nitrogen and oxygen atoms in total. The van der Waals surface area contributed by atoms with Crippen LogP contribution in [0.1, 0.15) is 24.2 Å². The Labute approximate surface area is 109 Å². The van der Waals surface area contributed by atoms with E-state index in [2.05, 4.69) is 14.5 Å². The first kappa shape index (κ1) is 14.8. The fourth-order valence-electron chi connectivity index (χ4n) is 1.19. The number of benzene rings is 1. The summed E-state index contributed by atoms with van der Waals surface area (Å²) in [4.78, 5) is 30.9. The molecule has 0 amide bonds. The van der Waals surface area contributed by atoms with E-state index in [-0.39, 0.29) is 11.3 Å². The maximum atomic E-state index is 11.4. The number of phenols is 1. The summed E-state index contributed by atoms with van der Waals surface area (Å²) in [5.74, 6) is -1.30. The number of para-hydroxylation sites is 1. The summed E-state index contributed by atoms with van der Waals surface area (Å²) in [6.07, 6.45) is -2.04. The molecule has 0 aromatic heterocycles. The van der Waals surface area contributed by atoms with Crippen LogP contribution >= 0.6 is 0 Å². The van der Waals surface area contributed by atoms with Crippen molar-refractivity contribution in [2.45, 2.75) is 20.1 Å². The number of rotatable bonds is 4. The number of phenolic OH excluding ortho intramolecular Hbond substituents is 1. The van der Waals surface area contributed by atoms with Crippen LogP contribution in [-0.4, -0.2) is 30.1 Å². The van der Waals surface area contributed by atoms with Crippen LogP contribution in [0.5, 0.6) is 5.75 Å². The van der Waals surface area contributed by atoms with Gasteiger partial charge in [-0.05, 0) is 26.0 Å². The molecule has 1 aromatic rings. The van der Waals surface area contributed by atoms with E-state index in [1.807, 2.05) is 0 Å². The second-order valence-corrected chi connectivity index (χ2v) is 3.36. The Kier molecular flexibility index (Phi) is 5.62. The molecule has 0 radical (unpaired) electrons. The normalized spacial score (nSPS) is 11.5. The molecule has 0 spiro atoms. The highest BCUT2D eigenvalue weighted by Gasteiger charge is 2.17. The highest BCUT2D eigenvalue weighted by atomic mass is 17.2. The molecule has 0 saturated heterocycles. The van der Waals surface area contributed by atoms with Crippen LogP contribution in [-0.2, 0) is 19.2 Å². The molecule has 104 valence electrons. The van der Waals surface area contributed by atoms with Crippen molar-refractivity contribution in [3.63, 3.8) is 0 Å². The minimum Gasteiger partial charge on any atom is -0.507 e. The quantitative estimate of drug-likeness (QED) is 0.387. The molecule has 1 aromatic carbocycles. The minimum atomic E-state index is -1.22. The summed E-state index contributed by atoms with van der Waals surface area (Å²) >= 11 is 0. The first-order valence-electron chi connectivity index (χ1n) is 5.53. The van der Waals surface area contributed by atoms with Gasteiger partial charge in [-0.25, -0.2) is 14.6 Å². The van der Waals surface area contributed by atoms with Crippen molar-refractivity contribution in [1.29, 1.82) is 0 Å². The van der Waals surface area contributed by atoms with Crippen LogP contribution in [0.15, 0.2) is 24.3 Å². The Hall–Kier alpha value is -2.28. The van der Waals surface area contributed by atoms with Crippen molar-refractivity contribution in [3.05, 3.63) is 29.8 Å². The second-order valence-electron chi connectivity index (χ2n) is 3.36. The Morgan fingerprint density at radius 2 is 1.95 bits per heavy atom. The maximum absolute atomic E-state index is 11.4. The maximum Gasteiger partial charge on any atom is 0.552 e. The third kappa shape index (κ3) is 4.84. The second kappa shape index (κ2) is 7.22. The van der Waals surface area contributed by atoms with Gasteiger partial charge in [0.1, 0.15) is 11.3 Å². The average molecular weight is 270 g/mol. The van der Waals surface area contributed by atoms with E-state index in [9.17, 15) is 14.7 Å². The summed E-state index contributed by atoms with van der Waals surface area (Å²) in [7, 11) is 0. The smallest absolute Gasteiger partial charge is 0.507 e. The lowest BCUT2D eigenvalue weighted by Crippen LogP contribution is -2.20. The van der Waals surface area contributed by atoms with Gasteiger partial charge >= 0.3 is 12.1 Å². The monoisotopic (exact) mass is 270 g/mol. The number of ether oxygens (including phenoxy) is 2. The summed E-state index contributed by atoms with van der Waals surface area (Å²) < 4.78 is 9.50. The van der Waals surface area contributed by atoms with Gasteiger partial charge in [0.25, 0.3) is 0 Å². The number of carbonyl (C=O) groups excluding carboxylic acids is 2. The van der Waals surface area contributed by atoms with Crippen LogP contribution in [0.4, 0.5) is 4.79 Å². The predicted molar refractivity (Wildman–Crippen MR) is 62.2 cm³/mol. The predicted octanol–water partition coefficient (Wildman–Crippen LogP) is 2.00. The van der Waals surface area contributed by atoms with Gasteiger partial charge in [-0.2, -0.15) is 4.79 Å². The molecule has 0 bridgehead atoms. The van der Waals surface area contributed by atoms with Crippen molar-refractivity contribution >= 4 is 12.1 Å². The van der Waals surface area contributed by atoms with Crippen molar-refractivity contribution in [1.82, 2.24) is 0 Å². The summed E-state index contributed by atoms with van der Waals surface area (Å²) in [6.45, 7) is 3.56. The number of carbonyl (C=O) groups is 2. The molecular formula is C12H14O7. The zero-order valence-electron chi connectivity index (χ0n) is 10.5. The van der Waals surface area contributed by atoms with Crippen LogP contribution in [0.3, 0.4) is 0 Å². The molecule has 1 N–H and O–H groups in total. The Morgan fingerprint density at radius 1 is 1.26 bits per heavy atom. The van der Waals surface area contributed by atoms with Gasteiger partial charge in [0.05, 0.1) is 0 Å². The van der Waals surface area contributed by atoms with E-state index >= 15 is 0 Å². The minimum absolute atomic E-state index is 0.131. The van der Waals surface area contributed by atoms with Crippen molar-refractivity contribution < 1.29 is 33.9 Å². The molecule has 0 fully saturated rings. The zero-order chi connectivity index (χ0) is 14.3. The molecule has 0 saturated carbocycles. The van der Waals surface area contributed by atoms with Gasteiger partial charge in [-0.15, -0.1) is 0 Å².